The van der Waals surface area contributed by atoms with Crippen LogP contribution in [0.3, 0.4) is 0 Å². The standard InChI is InChI=1S/C13H20N2O2.C2HF3O2.C2H2O4/c1-16-12-4-3-11(13(9-12)17-2)10-15-7-5-14-6-8-15;3-2(4,5)1(6)7;3-1(4)2(5)6/h3-4,9,14H,5-8,10H2,1-2H3;(H,6,7);(H,3,4)(H,5,6). The van der Waals surface area contributed by atoms with Gasteiger partial charge >= 0.3 is 24.1 Å². The van der Waals surface area contributed by atoms with Crippen LogP contribution in [0, 0.1) is 0 Å². The topological polar surface area (TPSA) is 146 Å². The van der Waals surface area contributed by atoms with Crippen molar-refractivity contribution in [2.24, 2.45) is 0 Å². The van der Waals surface area contributed by atoms with Gasteiger partial charge in [-0.15, -0.1) is 0 Å². The lowest BCUT2D eigenvalue weighted by atomic mass is 10.1. The molecule has 1 saturated heterocycles. The Labute approximate surface area is 169 Å². The predicted molar refractivity (Wildman–Crippen MR) is 96.7 cm³/mol. The average molecular weight is 440 g/mol. The molecule has 1 aromatic carbocycles. The highest BCUT2D eigenvalue weighted by molar-refractivity contribution is 6.27. The molecule has 1 aliphatic rings. The van der Waals surface area contributed by atoms with Crippen molar-refractivity contribution in [2.45, 2.75) is 12.7 Å². The van der Waals surface area contributed by atoms with E-state index in [2.05, 4.69) is 16.3 Å². The molecule has 30 heavy (non-hydrogen) atoms. The Hall–Kier alpha value is -3.06. The molecule has 0 unspecified atom stereocenters. The number of piperazine rings is 1. The first-order valence-corrected chi connectivity index (χ1v) is 8.32. The number of ether oxygens (including phenoxy) is 2. The first kappa shape index (κ1) is 26.9. The number of carboxylic acids is 3. The van der Waals surface area contributed by atoms with E-state index in [0.717, 1.165) is 44.2 Å². The molecule has 2 rings (SSSR count). The maximum atomic E-state index is 10.6. The summed E-state index contributed by atoms with van der Waals surface area (Å²) < 4.78 is 42.3. The lowest BCUT2D eigenvalue weighted by Crippen LogP contribution is -2.42. The fourth-order valence-electron chi connectivity index (χ4n) is 2.09. The summed E-state index contributed by atoms with van der Waals surface area (Å²) in [6.07, 6.45) is -5.08. The number of methoxy groups -OCH3 is 2. The van der Waals surface area contributed by atoms with Crippen LogP contribution in [0.2, 0.25) is 0 Å². The summed E-state index contributed by atoms with van der Waals surface area (Å²) in [7, 11) is 3.38. The molecular formula is C17H23F3N2O8. The number of nitrogens with one attached hydrogen (secondary N) is 1. The number of hydrogen-bond donors (Lipinski definition) is 4. The van der Waals surface area contributed by atoms with E-state index in [0.29, 0.717) is 0 Å². The van der Waals surface area contributed by atoms with Gasteiger partial charge in [-0.1, -0.05) is 6.07 Å². The molecule has 10 nitrogen and oxygen atoms in total. The third kappa shape index (κ3) is 11.1. The van der Waals surface area contributed by atoms with Crippen molar-refractivity contribution in [1.82, 2.24) is 10.2 Å². The second-order valence-electron chi connectivity index (χ2n) is 5.62. The molecule has 1 heterocycles. The lowest BCUT2D eigenvalue weighted by molar-refractivity contribution is -0.192. The number of carbonyl (C=O) groups is 3. The fourth-order valence-corrected chi connectivity index (χ4v) is 2.09. The number of benzene rings is 1. The van der Waals surface area contributed by atoms with Crippen LogP contribution in [0.15, 0.2) is 18.2 Å². The molecule has 1 aromatic rings. The van der Waals surface area contributed by atoms with Gasteiger partial charge in [-0.05, 0) is 6.07 Å². The highest BCUT2D eigenvalue weighted by Crippen LogP contribution is 2.25. The summed E-state index contributed by atoms with van der Waals surface area (Å²) in [5.41, 5.74) is 1.22. The Bertz CT molecular complexity index is 695. The van der Waals surface area contributed by atoms with E-state index in [1.54, 1.807) is 14.2 Å². The Morgan fingerprint density at radius 3 is 1.90 bits per heavy atom. The Kier molecular flexibility index (Phi) is 11.9. The van der Waals surface area contributed by atoms with Crippen LogP contribution in [-0.4, -0.2) is 84.7 Å². The molecule has 0 aliphatic carbocycles. The summed E-state index contributed by atoms with van der Waals surface area (Å²) >= 11 is 0. The van der Waals surface area contributed by atoms with Crippen LogP contribution in [0.5, 0.6) is 11.5 Å². The minimum atomic E-state index is -5.08. The van der Waals surface area contributed by atoms with Crippen LogP contribution in [-0.2, 0) is 20.9 Å². The molecule has 0 aromatic heterocycles. The van der Waals surface area contributed by atoms with E-state index < -0.39 is 24.1 Å². The van der Waals surface area contributed by atoms with E-state index in [1.165, 1.54) is 5.56 Å². The van der Waals surface area contributed by atoms with Gasteiger partial charge in [-0.2, -0.15) is 13.2 Å². The number of hydrogen-bond acceptors (Lipinski definition) is 7. The minimum absolute atomic E-state index is 0.839. The number of halogens is 3. The number of aliphatic carboxylic acids is 3. The Morgan fingerprint density at radius 2 is 1.53 bits per heavy atom. The largest absolute Gasteiger partial charge is 0.497 e. The molecular weight excluding hydrogens is 417 g/mol. The predicted octanol–water partition coefficient (Wildman–Crippen LogP) is 0.898. The summed E-state index contributed by atoms with van der Waals surface area (Å²) in [4.78, 5) is 29.5. The monoisotopic (exact) mass is 440 g/mol. The van der Waals surface area contributed by atoms with E-state index in [1.807, 2.05) is 12.1 Å². The molecule has 0 atom stereocenters. The van der Waals surface area contributed by atoms with Crippen molar-refractivity contribution in [3.05, 3.63) is 23.8 Å². The smallest absolute Gasteiger partial charge is 0.490 e. The number of nitrogens with zero attached hydrogens (tertiary/aromatic N) is 1. The molecule has 1 fully saturated rings. The minimum Gasteiger partial charge on any atom is -0.497 e. The van der Waals surface area contributed by atoms with Gasteiger partial charge in [0.25, 0.3) is 0 Å². The van der Waals surface area contributed by atoms with E-state index in [9.17, 15) is 13.2 Å². The average Bonchev–Trinajstić information content (AvgIpc) is 2.69. The lowest BCUT2D eigenvalue weighted by Gasteiger charge is -2.27. The summed E-state index contributed by atoms with van der Waals surface area (Å²) in [6, 6.07) is 6.01. The number of rotatable bonds is 4. The third-order valence-corrected chi connectivity index (χ3v) is 3.52. The molecule has 0 radical (unpaired) electrons. The summed E-state index contributed by atoms with van der Waals surface area (Å²) in [5, 5.41) is 25.3. The van der Waals surface area contributed by atoms with Crippen molar-refractivity contribution in [3.63, 3.8) is 0 Å². The van der Waals surface area contributed by atoms with Crippen molar-refractivity contribution in [1.29, 1.82) is 0 Å². The van der Waals surface area contributed by atoms with Gasteiger partial charge in [0, 0.05) is 44.4 Å². The van der Waals surface area contributed by atoms with Crippen LogP contribution in [0.4, 0.5) is 13.2 Å². The summed E-state index contributed by atoms with van der Waals surface area (Å²) in [6.45, 7) is 5.26. The first-order valence-electron chi connectivity index (χ1n) is 8.32. The van der Waals surface area contributed by atoms with Gasteiger partial charge in [0.1, 0.15) is 11.5 Å². The van der Waals surface area contributed by atoms with Crippen molar-refractivity contribution < 1.29 is 52.3 Å². The Balaban J connectivity index is 0.000000538. The maximum Gasteiger partial charge on any atom is 0.490 e. The second kappa shape index (κ2) is 13.2. The SMILES string of the molecule is COc1ccc(CN2CCNCC2)c(OC)c1.O=C(O)C(=O)O.O=C(O)C(F)(F)F. The van der Waals surface area contributed by atoms with Crippen LogP contribution in [0.25, 0.3) is 0 Å². The van der Waals surface area contributed by atoms with Crippen molar-refractivity contribution >= 4 is 17.9 Å². The van der Waals surface area contributed by atoms with Crippen LogP contribution < -0.4 is 14.8 Å². The van der Waals surface area contributed by atoms with E-state index in [4.69, 9.17) is 39.2 Å². The van der Waals surface area contributed by atoms with Crippen LogP contribution >= 0.6 is 0 Å². The molecule has 1 aliphatic heterocycles. The van der Waals surface area contributed by atoms with Gasteiger partial charge in [0.05, 0.1) is 14.2 Å². The molecule has 170 valence electrons. The van der Waals surface area contributed by atoms with Gasteiger partial charge in [0.2, 0.25) is 0 Å². The quantitative estimate of drug-likeness (QED) is 0.498. The van der Waals surface area contributed by atoms with E-state index in [-0.39, 0.29) is 0 Å². The van der Waals surface area contributed by atoms with Crippen LogP contribution in [0.1, 0.15) is 5.56 Å². The highest BCUT2D eigenvalue weighted by Gasteiger charge is 2.38. The van der Waals surface area contributed by atoms with Gasteiger partial charge in [0.15, 0.2) is 0 Å². The molecule has 0 saturated carbocycles. The highest BCUT2D eigenvalue weighted by atomic mass is 19.4. The zero-order valence-electron chi connectivity index (χ0n) is 16.2. The second-order valence-corrected chi connectivity index (χ2v) is 5.62. The molecule has 0 spiro atoms. The third-order valence-electron chi connectivity index (χ3n) is 3.52. The zero-order valence-corrected chi connectivity index (χ0v) is 16.2. The molecule has 4 N–H and O–H groups in total. The van der Waals surface area contributed by atoms with Gasteiger partial charge in [-0.3, -0.25) is 4.90 Å². The normalized spacial score (nSPS) is 13.6. The number of carboxylic acid groups (broad SMARTS) is 3. The van der Waals surface area contributed by atoms with Crippen molar-refractivity contribution in [3.8, 4) is 11.5 Å². The maximum absolute atomic E-state index is 10.6. The van der Waals surface area contributed by atoms with Gasteiger partial charge < -0.3 is 30.1 Å². The zero-order chi connectivity index (χ0) is 23.3. The van der Waals surface area contributed by atoms with E-state index >= 15 is 0 Å². The Morgan fingerprint density at radius 1 is 1.03 bits per heavy atom. The fraction of sp³-hybridized carbons (Fsp3) is 0.471. The molecule has 13 heteroatoms. The van der Waals surface area contributed by atoms with Crippen molar-refractivity contribution in [2.75, 3.05) is 40.4 Å². The summed E-state index contributed by atoms with van der Waals surface area (Å²) in [5.74, 6) is -4.66. The molecule has 0 bridgehead atoms. The number of alkyl halides is 3. The van der Waals surface area contributed by atoms with Gasteiger partial charge in [-0.25, -0.2) is 14.4 Å². The molecule has 0 amide bonds. The first-order chi connectivity index (χ1) is 13.9.